The summed E-state index contributed by atoms with van der Waals surface area (Å²) in [6.45, 7) is 5.93. The molecule has 2 heterocycles. The average Bonchev–Trinajstić information content (AvgIpc) is 3.07. The van der Waals surface area contributed by atoms with Crippen molar-refractivity contribution in [2.24, 2.45) is 13.0 Å². The van der Waals surface area contributed by atoms with Crippen LogP contribution in [0.3, 0.4) is 0 Å². The molecule has 0 spiro atoms. The van der Waals surface area contributed by atoms with Crippen LogP contribution in [0.5, 0.6) is 0 Å². The Balaban J connectivity index is 1.67. The summed E-state index contributed by atoms with van der Waals surface area (Å²) in [6.07, 6.45) is 4.61. The van der Waals surface area contributed by atoms with Crippen molar-refractivity contribution in [2.75, 3.05) is 19.8 Å². The van der Waals surface area contributed by atoms with E-state index in [1.807, 2.05) is 23.6 Å². The van der Waals surface area contributed by atoms with E-state index in [2.05, 4.69) is 12.0 Å². The number of aromatic nitrogens is 2. The van der Waals surface area contributed by atoms with Gasteiger partial charge in [0.15, 0.2) is 0 Å². The first-order valence-electron chi connectivity index (χ1n) is 7.95. The molecule has 1 saturated carbocycles. The highest BCUT2D eigenvalue weighted by molar-refractivity contribution is 5.78. The van der Waals surface area contributed by atoms with E-state index in [0.717, 1.165) is 37.4 Å². The fourth-order valence-corrected chi connectivity index (χ4v) is 3.32. The number of amides is 1. The minimum absolute atomic E-state index is 0.126. The van der Waals surface area contributed by atoms with Crippen LogP contribution in [-0.2, 0) is 16.6 Å². The van der Waals surface area contributed by atoms with Crippen LogP contribution in [0.2, 0.25) is 0 Å². The maximum Gasteiger partial charge on any atom is 0.249 e. The van der Waals surface area contributed by atoms with E-state index in [4.69, 9.17) is 4.74 Å². The molecule has 2 aliphatic rings. The van der Waals surface area contributed by atoms with Gasteiger partial charge in [-0.25, -0.2) is 0 Å². The minimum atomic E-state index is 0.126. The molecule has 21 heavy (non-hydrogen) atoms. The van der Waals surface area contributed by atoms with Gasteiger partial charge in [-0.2, -0.15) is 5.10 Å². The third kappa shape index (κ3) is 2.98. The molecule has 2 fully saturated rings. The van der Waals surface area contributed by atoms with E-state index in [1.165, 1.54) is 18.4 Å². The second-order valence-electron chi connectivity index (χ2n) is 6.41. The summed E-state index contributed by atoms with van der Waals surface area (Å²) in [4.78, 5) is 14.4. The van der Waals surface area contributed by atoms with Crippen molar-refractivity contribution < 1.29 is 9.53 Å². The maximum atomic E-state index is 12.4. The van der Waals surface area contributed by atoms with Gasteiger partial charge in [0.25, 0.3) is 0 Å². The first-order valence-corrected chi connectivity index (χ1v) is 7.95. The Bertz CT molecular complexity index is 534. The van der Waals surface area contributed by atoms with Crippen LogP contribution in [0.1, 0.15) is 48.7 Å². The van der Waals surface area contributed by atoms with E-state index >= 15 is 0 Å². The Morgan fingerprint density at radius 3 is 2.71 bits per heavy atom. The van der Waals surface area contributed by atoms with Crippen molar-refractivity contribution in [1.82, 2.24) is 14.7 Å². The fourth-order valence-electron chi connectivity index (χ4n) is 3.32. The van der Waals surface area contributed by atoms with Crippen molar-refractivity contribution in [3.63, 3.8) is 0 Å². The van der Waals surface area contributed by atoms with Crippen molar-refractivity contribution >= 4 is 5.91 Å². The molecule has 116 valence electrons. The number of carbonyl (C=O) groups is 1. The number of nitrogens with zero attached hydrogens (tertiary/aromatic N) is 3. The molecule has 1 amide bonds. The molecule has 5 heteroatoms. The molecule has 0 N–H and O–H groups in total. The molecule has 0 aromatic carbocycles. The first kappa shape index (κ1) is 14.6. The molecule has 0 bridgehead atoms. The van der Waals surface area contributed by atoms with Crippen LogP contribution in [0, 0.1) is 19.8 Å². The normalized spacial score (nSPS) is 22.0. The van der Waals surface area contributed by atoms with Gasteiger partial charge in [-0.05, 0) is 45.4 Å². The summed E-state index contributed by atoms with van der Waals surface area (Å²) >= 11 is 0. The highest BCUT2D eigenvalue weighted by Gasteiger charge is 2.33. The summed E-state index contributed by atoms with van der Waals surface area (Å²) in [5.41, 5.74) is 3.43. The molecule has 1 aromatic heterocycles. The maximum absolute atomic E-state index is 12.4. The third-order valence-corrected chi connectivity index (χ3v) is 4.75. The molecule has 1 saturated heterocycles. The molecule has 0 radical (unpaired) electrons. The number of ether oxygens (including phenoxy) is 1. The highest BCUT2D eigenvalue weighted by Crippen LogP contribution is 2.35. The third-order valence-electron chi connectivity index (χ3n) is 4.75. The number of hydrogen-bond donors (Lipinski definition) is 0. The molecule has 1 atom stereocenters. The van der Waals surface area contributed by atoms with E-state index in [1.54, 1.807) is 0 Å². The van der Waals surface area contributed by atoms with E-state index in [0.29, 0.717) is 5.92 Å². The van der Waals surface area contributed by atoms with E-state index in [9.17, 15) is 4.79 Å². The smallest absolute Gasteiger partial charge is 0.249 e. The number of hydrogen-bond acceptors (Lipinski definition) is 3. The first-order chi connectivity index (χ1) is 10.1. The second kappa shape index (κ2) is 5.79. The van der Waals surface area contributed by atoms with Crippen molar-refractivity contribution in [3.8, 4) is 0 Å². The van der Waals surface area contributed by atoms with Gasteiger partial charge in [-0.1, -0.05) is 0 Å². The quantitative estimate of drug-likeness (QED) is 0.835. The van der Waals surface area contributed by atoms with Crippen LogP contribution in [0.15, 0.2) is 0 Å². The zero-order valence-electron chi connectivity index (χ0n) is 13.3. The predicted octanol–water partition coefficient (Wildman–Crippen LogP) is 2.13. The van der Waals surface area contributed by atoms with Gasteiger partial charge in [0.05, 0.1) is 18.3 Å². The molecule has 5 nitrogen and oxygen atoms in total. The molecular formula is C16H25N3O2. The van der Waals surface area contributed by atoms with Crippen LogP contribution < -0.4 is 0 Å². The van der Waals surface area contributed by atoms with Crippen LogP contribution >= 0.6 is 0 Å². The minimum Gasteiger partial charge on any atom is -0.371 e. The van der Waals surface area contributed by atoms with Crippen LogP contribution in [-0.4, -0.2) is 40.3 Å². The molecule has 1 aliphatic carbocycles. The van der Waals surface area contributed by atoms with Gasteiger partial charge in [-0.15, -0.1) is 0 Å². The van der Waals surface area contributed by atoms with E-state index < -0.39 is 0 Å². The van der Waals surface area contributed by atoms with Gasteiger partial charge < -0.3 is 9.64 Å². The largest absolute Gasteiger partial charge is 0.371 e. The summed E-state index contributed by atoms with van der Waals surface area (Å²) in [6, 6.07) is 0.177. The monoisotopic (exact) mass is 291 g/mol. The van der Waals surface area contributed by atoms with Gasteiger partial charge in [0, 0.05) is 24.8 Å². The van der Waals surface area contributed by atoms with Crippen LogP contribution in [0.25, 0.3) is 0 Å². The Hall–Kier alpha value is -1.36. The van der Waals surface area contributed by atoms with Gasteiger partial charge >= 0.3 is 0 Å². The lowest BCUT2D eigenvalue weighted by atomic mass is 10.0. The fraction of sp³-hybridized carbons (Fsp3) is 0.750. The van der Waals surface area contributed by atoms with Gasteiger partial charge in [-0.3, -0.25) is 9.48 Å². The standard InChI is InChI=1S/C16H25N3O2/c1-11-16(12(2)18(3)17-11)14-5-4-8-19(14)15(20)10-21-9-13-6-7-13/h13-14H,4-10H2,1-3H3/t14-/m1/s1. The average molecular weight is 291 g/mol. The second-order valence-corrected chi connectivity index (χ2v) is 6.41. The zero-order chi connectivity index (χ0) is 15.0. The molecule has 0 unspecified atom stereocenters. The molecule has 1 aromatic rings. The Labute approximate surface area is 126 Å². The van der Waals surface area contributed by atoms with Gasteiger partial charge in [0.1, 0.15) is 6.61 Å². The SMILES string of the molecule is Cc1nn(C)c(C)c1[C@H]1CCCN1C(=O)COCC1CC1. The summed E-state index contributed by atoms with van der Waals surface area (Å²) < 4.78 is 7.48. The lowest BCUT2D eigenvalue weighted by Gasteiger charge is -2.25. The summed E-state index contributed by atoms with van der Waals surface area (Å²) in [5.74, 6) is 0.829. The zero-order valence-corrected chi connectivity index (χ0v) is 13.3. The number of likely N-dealkylation sites (tertiary alicyclic amines) is 1. The van der Waals surface area contributed by atoms with E-state index in [-0.39, 0.29) is 18.6 Å². The van der Waals surface area contributed by atoms with Gasteiger partial charge in [0.2, 0.25) is 5.91 Å². The van der Waals surface area contributed by atoms with Crippen molar-refractivity contribution in [3.05, 3.63) is 17.0 Å². The lowest BCUT2D eigenvalue weighted by molar-refractivity contribution is -0.137. The summed E-state index contributed by atoms with van der Waals surface area (Å²) in [5, 5.41) is 4.49. The molecule has 3 rings (SSSR count). The number of rotatable bonds is 5. The number of carbonyl (C=O) groups excluding carboxylic acids is 1. The Morgan fingerprint density at radius 2 is 2.10 bits per heavy atom. The Kier molecular flexibility index (Phi) is 4.02. The van der Waals surface area contributed by atoms with Crippen molar-refractivity contribution in [2.45, 2.75) is 45.6 Å². The molecule has 1 aliphatic heterocycles. The predicted molar refractivity (Wildman–Crippen MR) is 79.9 cm³/mol. The number of aryl methyl sites for hydroxylation is 2. The lowest BCUT2D eigenvalue weighted by Crippen LogP contribution is -2.34. The Morgan fingerprint density at radius 1 is 1.33 bits per heavy atom. The molecular weight excluding hydrogens is 266 g/mol. The summed E-state index contributed by atoms with van der Waals surface area (Å²) in [7, 11) is 1.96. The topological polar surface area (TPSA) is 47.4 Å². The van der Waals surface area contributed by atoms with Crippen molar-refractivity contribution in [1.29, 1.82) is 0 Å². The highest BCUT2D eigenvalue weighted by atomic mass is 16.5. The van der Waals surface area contributed by atoms with Crippen LogP contribution in [0.4, 0.5) is 0 Å².